The molecule has 3 rings (SSSR count). The number of anilines is 1. The highest BCUT2D eigenvalue weighted by Gasteiger charge is 2.37. The third-order valence-corrected chi connectivity index (χ3v) is 4.87. The lowest BCUT2D eigenvalue weighted by Gasteiger charge is -2.23. The number of para-hydroxylation sites is 1. The SMILES string of the molecule is CN1/C(=C\C=N\NC(=O)COc2ccc(Cl)cc2)C(C)(C)c2ccccc21. The van der Waals surface area contributed by atoms with Crippen LogP contribution in [0.2, 0.25) is 5.02 Å². The van der Waals surface area contributed by atoms with Gasteiger partial charge in [0.2, 0.25) is 0 Å². The number of rotatable bonds is 5. The van der Waals surface area contributed by atoms with Gasteiger partial charge in [-0.05, 0) is 42.0 Å². The standard InChI is InChI=1S/C21H22ClN3O2/c1-21(2)17-6-4-5-7-18(17)25(3)19(21)12-13-23-24-20(26)14-27-16-10-8-15(22)9-11-16/h4-13H,14H2,1-3H3,(H,24,26)/b19-12-,23-13+. The van der Waals surface area contributed by atoms with Crippen molar-refractivity contribution in [3.05, 3.63) is 70.9 Å². The molecular weight excluding hydrogens is 362 g/mol. The zero-order chi connectivity index (χ0) is 19.4. The number of amides is 1. The van der Waals surface area contributed by atoms with E-state index in [0.29, 0.717) is 10.8 Å². The van der Waals surface area contributed by atoms with Crippen molar-refractivity contribution in [1.29, 1.82) is 0 Å². The van der Waals surface area contributed by atoms with Crippen molar-refractivity contribution in [2.24, 2.45) is 5.10 Å². The molecule has 1 aliphatic heterocycles. The first-order valence-corrected chi connectivity index (χ1v) is 9.01. The number of carbonyl (C=O) groups is 1. The van der Waals surface area contributed by atoms with Crippen LogP contribution in [0.15, 0.2) is 65.4 Å². The number of hydrogen-bond donors (Lipinski definition) is 1. The number of halogens is 1. The Morgan fingerprint density at radius 3 is 2.63 bits per heavy atom. The van der Waals surface area contributed by atoms with E-state index in [0.717, 1.165) is 5.70 Å². The zero-order valence-electron chi connectivity index (χ0n) is 15.6. The Labute approximate surface area is 164 Å². The number of ether oxygens (including phenoxy) is 1. The number of fused-ring (bicyclic) bond motifs is 1. The maximum atomic E-state index is 11.8. The zero-order valence-corrected chi connectivity index (χ0v) is 16.3. The molecule has 0 aromatic heterocycles. The Morgan fingerprint density at radius 1 is 1.22 bits per heavy atom. The summed E-state index contributed by atoms with van der Waals surface area (Å²) in [5.74, 6) is 0.245. The average molecular weight is 384 g/mol. The molecule has 1 heterocycles. The summed E-state index contributed by atoms with van der Waals surface area (Å²) in [7, 11) is 2.03. The van der Waals surface area contributed by atoms with Crippen molar-refractivity contribution < 1.29 is 9.53 Å². The molecule has 1 amide bonds. The molecular formula is C21H22ClN3O2. The minimum atomic E-state index is -0.332. The highest BCUT2D eigenvalue weighted by molar-refractivity contribution is 6.30. The molecule has 0 radical (unpaired) electrons. The monoisotopic (exact) mass is 383 g/mol. The molecule has 0 atom stereocenters. The van der Waals surface area contributed by atoms with Crippen LogP contribution in [-0.4, -0.2) is 25.8 Å². The van der Waals surface area contributed by atoms with Crippen molar-refractivity contribution >= 4 is 29.4 Å². The molecule has 2 aromatic rings. The number of carbonyl (C=O) groups excluding carboxylic acids is 1. The summed E-state index contributed by atoms with van der Waals surface area (Å²) < 4.78 is 5.38. The molecule has 1 aliphatic rings. The molecule has 0 saturated heterocycles. The molecule has 0 spiro atoms. The Balaban J connectivity index is 1.57. The third kappa shape index (κ3) is 4.14. The summed E-state index contributed by atoms with van der Waals surface area (Å²) in [6, 6.07) is 15.1. The van der Waals surface area contributed by atoms with Crippen molar-refractivity contribution in [3.63, 3.8) is 0 Å². The number of hydrogen-bond acceptors (Lipinski definition) is 4. The molecule has 0 bridgehead atoms. The van der Waals surface area contributed by atoms with Gasteiger partial charge in [-0.2, -0.15) is 5.10 Å². The van der Waals surface area contributed by atoms with Gasteiger partial charge in [-0.1, -0.05) is 43.6 Å². The van der Waals surface area contributed by atoms with E-state index in [1.54, 1.807) is 30.5 Å². The fourth-order valence-electron chi connectivity index (χ4n) is 3.23. The van der Waals surface area contributed by atoms with Crippen LogP contribution >= 0.6 is 11.6 Å². The van der Waals surface area contributed by atoms with E-state index in [-0.39, 0.29) is 17.9 Å². The van der Waals surface area contributed by atoms with Crippen LogP contribution < -0.4 is 15.1 Å². The van der Waals surface area contributed by atoms with Gasteiger partial charge in [-0.3, -0.25) is 4.79 Å². The smallest absolute Gasteiger partial charge is 0.277 e. The van der Waals surface area contributed by atoms with Gasteiger partial charge < -0.3 is 9.64 Å². The fraction of sp³-hybridized carbons (Fsp3) is 0.238. The predicted octanol–water partition coefficient (Wildman–Crippen LogP) is 4.13. The van der Waals surface area contributed by atoms with Crippen molar-refractivity contribution in [2.45, 2.75) is 19.3 Å². The summed E-state index contributed by atoms with van der Waals surface area (Å²) in [6.07, 6.45) is 3.51. The Hall–Kier alpha value is -2.79. The number of allylic oxidation sites excluding steroid dienone is 2. The van der Waals surface area contributed by atoms with Gasteiger partial charge in [0.05, 0.1) is 0 Å². The van der Waals surface area contributed by atoms with E-state index in [1.807, 2.05) is 25.3 Å². The van der Waals surface area contributed by atoms with Crippen molar-refractivity contribution in [2.75, 3.05) is 18.6 Å². The second kappa shape index (κ2) is 7.84. The highest BCUT2D eigenvalue weighted by Crippen LogP contribution is 2.46. The molecule has 0 unspecified atom stereocenters. The van der Waals surface area contributed by atoms with Crippen LogP contribution in [0.3, 0.4) is 0 Å². The molecule has 0 fully saturated rings. The quantitative estimate of drug-likeness (QED) is 0.623. The first kappa shape index (κ1) is 19.0. The number of hydrazone groups is 1. The Kier molecular flexibility index (Phi) is 5.51. The van der Waals surface area contributed by atoms with Gasteiger partial charge in [0.15, 0.2) is 6.61 Å². The lowest BCUT2D eigenvalue weighted by atomic mass is 9.84. The second-order valence-electron chi connectivity index (χ2n) is 6.81. The summed E-state index contributed by atoms with van der Waals surface area (Å²) in [5.41, 5.74) is 5.91. The minimum absolute atomic E-state index is 0.119. The highest BCUT2D eigenvalue weighted by atomic mass is 35.5. The maximum Gasteiger partial charge on any atom is 0.277 e. The number of benzene rings is 2. The number of nitrogens with one attached hydrogen (secondary N) is 1. The normalized spacial score (nSPS) is 16.6. The molecule has 1 N–H and O–H groups in total. The van der Waals surface area contributed by atoms with Crippen molar-refractivity contribution in [1.82, 2.24) is 5.43 Å². The third-order valence-electron chi connectivity index (χ3n) is 4.62. The lowest BCUT2D eigenvalue weighted by Crippen LogP contribution is -2.25. The van der Waals surface area contributed by atoms with Crippen LogP contribution in [-0.2, 0) is 10.2 Å². The first-order valence-electron chi connectivity index (χ1n) is 8.64. The van der Waals surface area contributed by atoms with Crippen LogP contribution in [0, 0.1) is 0 Å². The Bertz CT molecular complexity index is 889. The summed E-state index contributed by atoms with van der Waals surface area (Å²) in [6.45, 7) is 4.23. The minimum Gasteiger partial charge on any atom is -0.484 e. The summed E-state index contributed by atoms with van der Waals surface area (Å²) in [4.78, 5) is 14.0. The van der Waals surface area contributed by atoms with Crippen molar-refractivity contribution in [3.8, 4) is 5.75 Å². The van der Waals surface area contributed by atoms with Gasteiger partial charge in [-0.25, -0.2) is 5.43 Å². The first-order chi connectivity index (χ1) is 12.9. The molecule has 0 saturated carbocycles. The predicted molar refractivity (Wildman–Crippen MR) is 110 cm³/mol. The van der Waals surface area contributed by atoms with Gasteiger partial charge in [0, 0.05) is 35.1 Å². The molecule has 0 aliphatic carbocycles. The largest absolute Gasteiger partial charge is 0.484 e. The molecule has 140 valence electrons. The summed E-state index contributed by atoms with van der Waals surface area (Å²) in [5, 5.41) is 4.61. The van der Waals surface area contributed by atoms with E-state index in [4.69, 9.17) is 16.3 Å². The van der Waals surface area contributed by atoms with Crippen LogP contribution in [0.4, 0.5) is 5.69 Å². The molecule has 2 aromatic carbocycles. The van der Waals surface area contributed by atoms with Crippen LogP contribution in [0.1, 0.15) is 19.4 Å². The van der Waals surface area contributed by atoms with E-state index < -0.39 is 0 Å². The van der Waals surface area contributed by atoms with Gasteiger partial charge in [0.25, 0.3) is 5.91 Å². The van der Waals surface area contributed by atoms with E-state index in [9.17, 15) is 4.79 Å². The van der Waals surface area contributed by atoms with E-state index in [2.05, 4.69) is 41.4 Å². The van der Waals surface area contributed by atoms with Crippen LogP contribution in [0.25, 0.3) is 0 Å². The Morgan fingerprint density at radius 2 is 1.93 bits per heavy atom. The maximum absolute atomic E-state index is 11.8. The summed E-state index contributed by atoms with van der Waals surface area (Å²) >= 11 is 5.81. The van der Waals surface area contributed by atoms with E-state index in [1.165, 1.54) is 11.3 Å². The van der Waals surface area contributed by atoms with E-state index >= 15 is 0 Å². The van der Waals surface area contributed by atoms with Gasteiger partial charge in [0.1, 0.15) is 5.75 Å². The van der Waals surface area contributed by atoms with Crippen LogP contribution in [0.5, 0.6) is 5.75 Å². The fourth-order valence-corrected chi connectivity index (χ4v) is 3.36. The topological polar surface area (TPSA) is 53.9 Å². The second-order valence-corrected chi connectivity index (χ2v) is 7.25. The van der Waals surface area contributed by atoms with Gasteiger partial charge >= 0.3 is 0 Å². The number of nitrogens with zero attached hydrogens (tertiary/aromatic N) is 2. The van der Waals surface area contributed by atoms with Gasteiger partial charge in [-0.15, -0.1) is 0 Å². The number of likely N-dealkylation sites (N-methyl/N-ethyl adjacent to an activating group) is 1. The average Bonchev–Trinajstić information content (AvgIpc) is 2.85. The molecule has 5 nitrogen and oxygen atoms in total. The lowest BCUT2D eigenvalue weighted by molar-refractivity contribution is -0.123. The molecule has 27 heavy (non-hydrogen) atoms. The molecule has 6 heteroatoms.